The maximum absolute atomic E-state index is 11.7. The lowest BCUT2D eigenvalue weighted by Gasteiger charge is -2.22. The lowest BCUT2D eigenvalue weighted by atomic mass is 10.1. The molecule has 9 heteroatoms. The highest BCUT2D eigenvalue weighted by Gasteiger charge is 2.28. The number of hydrogen-bond donors (Lipinski definition) is 6. The third-order valence-electron chi connectivity index (χ3n) is 2.62. The van der Waals surface area contributed by atoms with Gasteiger partial charge in [-0.15, -0.1) is 0 Å². The molecule has 20 heavy (non-hydrogen) atoms. The molecule has 0 saturated heterocycles. The molecular formula is C11H21N3O6. The van der Waals surface area contributed by atoms with E-state index in [1.165, 1.54) is 20.8 Å². The normalized spacial score (nSPS) is 18.3. The molecule has 0 saturated carbocycles. The van der Waals surface area contributed by atoms with Gasteiger partial charge in [-0.2, -0.15) is 0 Å². The number of carboxylic acid groups (broad SMARTS) is 1. The van der Waals surface area contributed by atoms with E-state index in [0.29, 0.717) is 0 Å². The van der Waals surface area contributed by atoms with Gasteiger partial charge < -0.3 is 31.7 Å². The summed E-state index contributed by atoms with van der Waals surface area (Å²) in [6.07, 6.45) is -2.38. The SMILES string of the molecule is C[C@H](NC(=O)[C@@H](N)[C@@H](C)O)C(=O)N[C@H](C(=O)O)[C@@H](C)O. The fraction of sp³-hybridized carbons (Fsp3) is 0.727. The quantitative estimate of drug-likeness (QED) is 0.294. The molecule has 9 nitrogen and oxygen atoms in total. The van der Waals surface area contributed by atoms with Crippen molar-refractivity contribution in [3.05, 3.63) is 0 Å². The van der Waals surface area contributed by atoms with Gasteiger partial charge in [0.15, 0.2) is 6.04 Å². The van der Waals surface area contributed by atoms with Gasteiger partial charge >= 0.3 is 5.97 Å². The van der Waals surface area contributed by atoms with Gasteiger partial charge in [-0.3, -0.25) is 9.59 Å². The minimum atomic E-state index is -1.48. The van der Waals surface area contributed by atoms with Gasteiger partial charge in [0.05, 0.1) is 12.2 Å². The average Bonchev–Trinajstić information content (AvgIpc) is 2.33. The van der Waals surface area contributed by atoms with E-state index in [4.69, 9.17) is 15.9 Å². The molecule has 7 N–H and O–H groups in total. The van der Waals surface area contributed by atoms with Crippen LogP contribution in [0.4, 0.5) is 0 Å². The number of hydrogen-bond acceptors (Lipinski definition) is 6. The van der Waals surface area contributed by atoms with Crippen molar-refractivity contribution in [3.63, 3.8) is 0 Å². The molecule has 0 fully saturated rings. The molecular weight excluding hydrogens is 270 g/mol. The van der Waals surface area contributed by atoms with Crippen LogP contribution >= 0.6 is 0 Å². The highest BCUT2D eigenvalue weighted by atomic mass is 16.4. The third kappa shape index (κ3) is 5.51. The Balaban J connectivity index is 4.56. The van der Waals surface area contributed by atoms with Crippen LogP contribution in [0.25, 0.3) is 0 Å². The predicted molar refractivity (Wildman–Crippen MR) is 68.5 cm³/mol. The number of nitrogens with one attached hydrogen (secondary N) is 2. The molecule has 0 radical (unpaired) electrons. The second-order valence-corrected chi connectivity index (χ2v) is 4.56. The van der Waals surface area contributed by atoms with Crippen LogP contribution in [0.5, 0.6) is 0 Å². The number of aliphatic carboxylic acids is 1. The molecule has 0 aliphatic rings. The first-order valence-corrected chi connectivity index (χ1v) is 6.03. The van der Waals surface area contributed by atoms with Crippen LogP contribution < -0.4 is 16.4 Å². The van der Waals surface area contributed by atoms with Crippen molar-refractivity contribution < 1.29 is 29.7 Å². The Morgan fingerprint density at radius 3 is 1.80 bits per heavy atom. The van der Waals surface area contributed by atoms with Gasteiger partial charge in [-0.25, -0.2) is 4.79 Å². The van der Waals surface area contributed by atoms with Gasteiger partial charge in [-0.1, -0.05) is 0 Å². The lowest BCUT2D eigenvalue weighted by Crippen LogP contribution is -2.56. The summed E-state index contributed by atoms with van der Waals surface area (Å²) in [6.45, 7) is 3.86. The number of aliphatic hydroxyl groups is 2. The maximum atomic E-state index is 11.7. The molecule has 0 heterocycles. The lowest BCUT2D eigenvalue weighted by molar-refractivity contribution is -0.145. The number of carbonyl (C=O) groups is 3. The summed E-state index contributed by atoms with van der Waals surface area (Å²) < 4.78 is 0. The smallest absolute Gasteiger partial charge is 0.328 e. The van der Waals surface area contributed by atoms with Crippen molar-refractivity contribution in [3.8, 4) is 0 Å². The van der Waals surface area contributed by atoms with Crippen LogP contribution in [0.1, 0.15) is 20.8 Å². The first kappa shape index (κ1) is 18.3. The summed E-state index contributed by atoms with van der Waals surface area (Å²) in [4.78, 5) is 34.0. The minimum absolute atomic E-state index is 0.744. The first-order chi connectivity index (χ1) is 9.07. The van der Waals surface area contributed by atoms with Crippen LogP contribution in [0.15, 0.2) is 0 Å². The number of carbonyl (C=O) groups excluding carboxylic acids is 2. The number of rotatable bonds is 7. The monoisotopic (exact) mass is 291 g/mol. The molecule has 116 valence electrons. The van der Waals surface area contributed by atoms with Crippen LogP contribution in [0.2, 0.25) is 0 Å². The van der Waals surface area contributed by atoms with E-state index in [0.717, 1.165) is 0 Å². The molecule has 2 amide bonds. The van der Waals surface area contributed by atoms with E-state index in [9.17, 15) is 19.5 Å². The highest BCUT2D eigenvalue weighted by Crippen LogP contribution is 1.96. The zero-order valence-electron chi connectivity index (χ0n) is 11.5. The second-order valence-electron chi connectivity index (χ2n) is 4.56. The Kier molecular flexibility index (Phi) is 7.11. The first-order valence-electron chi connectivity index (χ1n) is 6.03. The predicted octanol–water partition coefficient (Wildman–Crippen LogP) is -2.85. The van der Waals surface area contributed by atoms with E-state index in [-0.39, 0.29) is 0 Å². The summed E-state index contributed by atoms with van der Waals surface area (Å²) in [6, 6.07) is -3.74. The summed E-state index contributed by atoms with van der Waals surface area (Å²) >= 11 is 0. The van der Waals surface area contributed by atoms with Gasteiger partial charge in [0.1, 0.15) is 12.1 Å². The van der Waals surface area contributed by atoms with Crippen molar-refractivity contribution in [1.82, 2.24) is 10.6 Å². The zero-order valence-corrected chi connectivity index (χ0v) is 11.5. The molecule has 0 unspecified atom stereocenters. The molecule has 0 bridgehead atoms. The number of nitrogens with two attached hydrogens (primary N) is 1. The molecule has 0 aromatic carbocycles. The summed E-state index contributed by atoms with van der Waals surface area (Å²) in [5, 5.41) is 31.5. The van der Waals surface area contributed by atoms with Crippen LogP contribution in [0.3, 0.4) is 0 Å². The van der Waals surface area contributed by atoms with Crippen molar-refractivity contribution in [2.75, 3.05) is 0 Å². The Hall–Kier alpha value is -1.71. The summed E-state index contributed by atoms with van der Waals surface area (Å²) in [7, 11) is 0. The van der Waals surface area contributed by atoms with E-state index in [2.05, 4.69) is 10.6 Å². The largest absolute Gasteiger partial charge is 0.480 e. The molecule has 0 rings (SSSR count). The van der Waals surface area contributed by atoms with E-state index >= 15 is 0 Å². The molecule has 0 aliphatic carbocycles. The molecule has 0 aromatic rings. The van der Waals surface area contributed by atoms with E-state index in [1.807, 2.05) is 0 Å². The topological polar surface area (TPSA) is 162 Å². The van der Waals surface area contributed by atoms with Gasteiger partial charge in [-0.05, 0) is 20.8 Å². The van der Waals surface area contributed by atoms with Crippen LogP contribution in [-0.4, -0.2) is 63.4 Å². The summed E-state index contributed by atoms with van der Waals surface area (Å²) in [5.41, 5.74) is 5.38. The van der Waals surface area contributed by atoms with Crippen molar-refractivity contribution in [2.24, 2.45) is 5.73 Å². The Bertz CT molecular complexity index is 371. The minimum Gasteiger partial charge on any atom is -0.480 e. The Labute approximate surface area is 116 Å². The molecule has 0 spiro atoms. The van der Waals surface area contributed by atoms with E-state index < -0.39 is 48.1 Å². The van der Waals surface area contributed by atoms with Gasteiger partial charge in [0.25, 0.3) is 0 Å². The Morgan fingerprint density at radius 2 is 1.45 bits per heavy atom. The third-order valence-corrected chi connectivity index (χ3v) is 2.62. The maximum Gasteiger partial charge on any atom is 0.328 e. The van der Waals surface area contributed by atoms with Crippen molar-refractivity contribution >= 4 is 17.8 Å². The molecule has 5 atom stereocenters. The standard InChI is InChI=1S/C11H21N3O6/c1-4(13-10(18)7(12)5(2)15)9(17)14-8(6(3)16)11(19)20/h4-8,15-16H,12H2,1-3H3,(H,13,18)(H,14,17)(H,19,20)/t4-,5+,6+,7-,8-/m0/s1. The Morgan fingerprint density at radius 1 is 0.950 bits per heavy atom. The zero-order chi connectivity index (χ0) is 16.0. The number of amides is 2. The highest BCUT2D eigenvalue weighted by molar-refractivity contribution is 5.91. The average molecular weight is 291 g/mol. The number of carboxylic acids is 1. The second kappa shape index (κ2) is 7.78. The fourth-order valence-corrected chi connectivity index (χ4v) is 1.26. The summed E-state index contributed by atoms with van der Waals surface area (Å²) in [5.74, 6) is -2.93. The molecule has 0 aliphatic heterocycles. The molecule has 0 aromatic heterocycles. The number of aliphatic hydroxyl groups excluding tert-OH is 2. The van der Waals surface area contributed by atoms with Crippen LogP contribution in [0, 0.1) is 0 Å². The van der Waals surface area contributed by atoms with Crippen LogP contribution in [-0.2, 0) is 14.4 Å². The fourth-order valence-electron chi connectivity index (χ4n) is 1.26. The van der Waals surface area contributed by atoms with Crippen molar-refractivity contribution in [2.45, 2.75) is 51.1 Å². The van der Waals surface area contributed by atoms with Crippen molar-refractivity contribution in [1.29, 1.82) is 0 Å². The van der Waals surface area contributed by atoms with Gasteiger partial charge in [0.2, 0.25) is 11.8 Å². The van der Waals surface area contributed by atoms with E-state index in [1.54, 1.807) is 0 Å². The van der Waals surface area contributed by atoms with Gasteiger partial charge in [0, 0.05) is 0 Å².